The number of rotatable bonds is 4. The topological polar surface area (TPSA) is 79.3 Å². The van der Waals surface area contributed by atoms with Crippen molar-refractivity contribution in [3.63, 3.8) is 0 Å². The van der Waals surface area contributed by atoms with Crippen LogP contribution in [0.2, 0.25) is 0 Å². The first-order chi connectivity index (χ1) is 11.1. The Morgan fingerprint density at radius 2 is 2.00 bits per heavy atom. The Kier molecular flexibility index (Phi) is 3.69. The lowest BCUT2D eigenvalue weighted by atomic mass is 9.79. The van der Waals surface area contributed by atoms with Crippen LogP contribution in [0.3, 0.4) is 0 Å². The summed E-state index contributed by atoms with van der Waals surface area (Å²) in [5.74, 6) is -1.61. The summed E-state index contributed by atoms with van der Waals surface area (Å²) in [6.45, 7) is 0. The molecule has 23 heavy (non-hydrogen) atoms. The van der Waals surface area contributed by atoms with E-state index in [1.54, 1.807) is 11.3 Å². The summed E-state index contributed by atoms with van der Waals surface area (Å²) in [6.07, 6.45) is 2.77. The van der Waals surface area contributed by atoms with Gasteiger partial charge in [-0.25, -0.2) is 4.98 Å². The van der Waals surface area contributed by atoms with Crippen LogP contribution < -0.4 is 5.32 Å². The fraction of sp³-hybridized carbons (Fsp3) is 0.438. The van der Waals surface area contributed by atoms with Crippen LogP contribution in [0.15, 0.2) is 22.9 Å². The molecule has 2 aliphatic rings. The van der Waals surface area contributed by atoms with Crippen molar-refractivity contribution < 1.29 is 14.7 Å². The van der Waals surface area contributed by atoms with Crippen LogP contribution in [0, 0.1) is 23.7 Å². The minimum Gasteiger partial charge on any atom is -0.481 e. The number of carboxylic acid groups (broad SMARTS) is 1. The number of fused-ring (bicyclic) bond motifs is 2. The fourth-order valence-corrected chi connectivity index (χ4v) is 5.56. The molecular formula is C16H16N2O3S2. The Labute approximate surface area is 141 Å². The van der Waals surface area contributed by atoms with Crippen molar-refractivity contribution in [2.45, 2.75) is 19.3 Å². The molecule has 0 unspecified atom stereocenters. The quantitative estimate of drug-likeness (QED) is 0.885. The van der Waals surface area contributed by atoms with Gasteiger partial charge in [0.2, 0.25) is 5.91 Å². The zero-order valence-corrected chi connectivity index (χ0v) is 13.9. The molecule has 7 heteroatoms. The molecular weight excluding hydrogens is 332 g/mol. The molecule has 2 bridgehead atoms. The lowest BCUT2D eigenvalue weighted by Gasteiger charge is -2.26. The van der Waals surface area contributed by atoms with E-state index in [2.05, 4.69) is 10.3 Å². The number of aliphatic carboxylic acids is 1. The molecule has 120 valence electrons. The minimum absolute atomic E-state index is 0.159. The number of aromatic nitrogens is 1. The molecule has 2 fully saturated rings. The van der Waals surface area contributed by atoms with Crippen LogP contribution in [0.4, 0.5) is 5.13 Å². The van der Waals surface area contributed by atoms with Crippen LogP contribution in [0.25, 0.3) is 10.6 Å². The predicted octanol–water partition coefficient (Wildman–Crippen LogP) is 3.56. The highest BCUT2D eigenvalue weighted by Crippen LogP contribution is 2.52. The van der Waals surface area contributed by atoms with Gasteiger partial charge >= 0.3 is 5.97 Å². The number of anilines is 1. The molecule has 2 aliphatic carbocycles. The zero-order chi connectivity index (χ0) is 16.0. The lowest BCUT2D eigenvalue weighted by Crippen LogP contribution is -2.37. The van der Waals surface area contributed by atoms with Gasteiger partial charge < -0.3 is 10.4 Å². The van der Waals surface area contributed by atoms with Crippen LogP contribution in [0.5, 0.6) is 0 Å². The minimum atomic E-state index is -0.837. The molecule has 2 N–H and O–H groups in total. The second kappa shape index (κ2) is 5.72. The Balaban J connectivity index is 1.51. The fourth-order valence-electron chi connectivity index (χ4n) is 4.08. The summed E-state index contributed by atoms with van der Waals surface area (Å²) in [5, 5.41) is 16.7. The molecule has 1 amide bonds. The highest BCUT2D eigenvalue weighted by Gasteiger charge is 2.54. The number of amides is 1. The summed E-state index contributed by atoms with van der Waals surface area (Å²) >= 11 is 2.98. The van der Waals surface area contributed by atoms with Gasteiger partial charge in [0.25, 0.3) is 0 Å². The van der Waals surface area contributed by atoms with E-state index in [1.165, 1.54) is 11.3 Å². The first-order valence-electron chi connectivity index (χ1n) is 7.66. The Hall–Kier alpha value is -1.73. The first kappa shape index (κ1) is 14.8. The van der Waals surface area contributed by atoms with Crippen LogP contribution >= 0.6 is 22.7 Å². The van der Waals surface area contributed by atoms with E-state index in [0.717, 1.165) is 29.8 Å². The van der Waals surface area contributed by atoms with Gasteiger partial charge in [0.05, 0.1) is 22.4 Å². The average molecular weight is 348 g/mol. The Bertz CT molecular complexity index is 740. The second-order valence-corrected chi connectivity index (χ2v) is 8.03. The Morgan fingerprint density at radius 1 is 1.22 bits per heavy atom. The van der Waals surface area contributed by atoms with E-state index in [0.29, 0.717) is 5.13 Å². The molecule has 2 saturated carbocycles. The van der Waals surface area contributed by atoms with E-state index in [9.17, 15) is 14.7 Å². The molecule has 4 rings (SSSR count). The maximum atomic E-state index is 12.6. The van der Waals surface area contributed by atoms with Crippen molar-refractivity contribution in [3.05, 3.63) is 22.9 Å². The number of carbonyl (C=O) groups is 2. The van der Waals surface area contributed by atoms with Crippen molar-refractivity contribution >= 4 is 39.7 Å². The maximum Gasteiger partial charge on any atom is 0.307 e. The van der Waals surface area contributed by atoms with Crippen molar-refractivity contribution in [1.82, 2.24) is 4.98 Å². The zero-order valence-electron chi connectivity index (χ0n) is 12.3. The molecule has 0 aliphatic heterocycles. The average Bonchev–Trinajstić information content (AvgIpc) is 3.28. The number of thiazole rings is 1. The SMILES string of the molecule is O=C(Nc1nc(-c2cccs2)cs1)[C@@H]1[C@@H]2CC[C@@H](C2)[C@@H]1C(=O)O. The number of nitrogens with one attached hydrogen (secondary N) is 1. The first-order valence-corrected chi connectivity index (χ1v) is 9.42. The molecule has 0 saturated heterocycles. The van der Waals surface area contributed by atoms with E-state index in [-0.39, 0.29) is 17.7 Å². The van der Waals surface area contributed by atoms with Gasteiger partial charge in [-0.3, -0.25) is 9.59 Å². The lowest BCUT2D eigenvalue weighted by molar-refractivity contribution is -0.148. The highest BCUT2D eigenvalue weighted by molar-refractivity contribution is 7.16. The van der Waals surface area contributed by atoms with Crippen molar-refractivity contribution in [3.8, 4) is 10.6 Å². The molecule has 4 atom stereocenters. The van der Waals surface area contributed by atoms with Crippen LogP contribution in [0.1, 0.15) is 19.3 Å². The number of carboxylic acids is 1. The molecule has 5 nitrogen and oxygen atoms in total. The Morgan fingerprint density at radius 3 is 2.70 bits per heavy atom. The van der Waals surface area contributed by atoms with E-state index in [1.807, 2.05) is 22.9 Å². The third kappa shape index (κ3) is 2.57. The highest BCUT2D eigenvalue weighted by atomic mass is 32.1. The molecule has 2 aromatic rings. The van der Waals surface area contributed by atoms with Gasteiger partial charge in [0.15, 0.2) is 5.13 Å². The predicted molar refractivity (Wildman–Crippen MR) is 89.5 cm³/mol. The largest absolute Gasteiger partial charge is 0.481 e. The van der Waals surface area contributed by atoms with Crippen molar-refractivity contribution in [2.24, 2.45) is 23.7 Å². The molecule has 2 heterocycles. The summed E-state index contributed by atoms with van der Waals surface area (Å²) in [4.78, 5) is 29.6. The van der Waals surface area contributed by atoms with Crippen LogP contribution in [-0.4, -0.2) is 22.0 Å². The smallest absolute Gasteiger partial charge is 0.307 e. The van der Waals surface area contributed by atoms with Crippen LogP contribution in [-0.2, 0) is 9.59 Å². The number of carbonyl (C=O) groups excluding carboxylic acids is 1. The third-order valence-electron chi connectivity index (χ3n) is 5.01. The summed E-state index contributed by atoms with van der Waals surface area (Å²) in [7, 11) is 0. The van der Waals surface area contributed by atoms with E-state index >= 15 is 0 Å². The van der Waals surface area contributed by atoms with Gasteiger partial charge in [-0.05, 0) is 42.5 Å². The molecule has 0 aromatic carbocycles. The van der Waals surface area contributed by atoms with Gasteiger partial charge in [-0.2, -0.15) is 0 Å². The molecule has 0 spiro atoms. The molecule has 0 radical (unpaired) electrons. The summed E-state index contributed by atoms with van der Waals surface area (Å²) < 4.78 is 0. The maximum absolute atomic E-state index is 12.6. The van der Waals surface area contributed by atoms with Gasteiger partial charge in [0.1, 0.15) is 0 Å². The standard InChI is InChI=1S/C16H16N2O3S2/c19-14(12-8-3-4-9(6-8)13(12)15(20)21)18-16-17-10(7-23-16)11-2-1-5-22-11/h1-2,5,7-9,12-13H,3-4,6H2,(H,20,21)(H,17,18,19)/t8-,9+,12-,13+/m1/s1. The normalized spacial score (nSPS) is 28.9. The number of nitrogens with zero attached hydrogens (tertiary/aromatic N) is 1. The number of thiophene rings is 1. The third-order valence-corrected chi connectivity index (χ3v) is 6.66. The van der Waals surface area contributed by atoms with Gasteiger partial charge in [0, 0.05) is 5.38 Å². The van der Waals surface area contributed by atoms with E-state index in [4.69, 9.17) is 0 Å². The number of hydrogen-bond acceptors (Lipinski definition) is 5. The van der Waals surface area contributed by atoms with E-state index < -0.39 is 17.8 Å². The van der Waals surface area contributed by atoms with Gasteiger partial charge in [-0.15, -0.1) is 22.7 Å². The molecule has 2 aromatic heterocycles. The summed E-state index contributed by atoms with van der Waals surface area (Å²) in [6, 6.07) is 3.95. The van der Waals surface area contributed by atoms with Crippen molar-refractivity contribution in [1.29, 1.82) is 0 Å². The summed E-state index contributed by atoms with van der Waals surface area (Å²) in [5.41, 5.74) is 0.850. The monoisotopic (exact) mass is 348 g/mol. The van der Waals surface area contributed by atoms with Crippen molar-refractivity contribution in [2.75, 3.05) is 5.32 Å². The number of hydrogen-bond donors (Lipinski definition) is 2. The van der Waals surface area contributed by atoms with Gasteiger partial charge in [-0.1, -0.05) is 6.07 Å². The second-order valence-electron chi connectivity index (χ2n) is 6.23.